The molecule has 0 bridgehead atoms. The second kappa shape index (κ2) is 6.01. The fourth-order valence-electron chi connectivity index (χ4n) is 1.96. The summed E-state index contributed by atoms with van der Waals surface area (Å²) in [6, 6.07) is 4.82. The Labute approximate surface area is 126 Å². The molecule has 0 aliphatic rings. The number of hydrogen-bond donors (Lipinski definition) is 2. The lowest BCUT2D eigenvalue weighted by molar-refractivity contribution is 0.0696. The lowest BCUT2D eigenvalue weighted by Gasteiger charge is -2.06. The van der Waals surface area contributed by atoms with Crippen LogP contribution in [0.2, 0.25) is 0 Å². The van der Waals surface area contributed by atoms with Crippen LogP contribution < -0.4 is 5.32 Å². The van der Waals surface area contributed by atoms with Crippen LogP contribution in [0.1, 0.15) is 52.0 Å². The third-order valence-corrected chi connectivity index (χ3v) is 3.21. The van der Waals surface area contributed by atoms with E-state index in [1.165, 1.54) is 0 Å². The highest BCUT2D eigenvalue weighted by Crippen LogP contribution is 2.23. The Hall–Kier alpha value is -2.63. The number of halogens is 1. The number of carbonyl (C=O) groups is 2. The second-order valence-electron chi connectivity index (χ2n) is 5.23. The molecule has 1 heterocycles. The molecule has 2 rings (SSSR count). The zero-order valence-corrected chi connectivity index (χ0v) is 12.4. The van der Waals surface area contributed by atoms with Crippen LogP contribution in [0.15, 0.2) is 28.7 Å². The molecule has 0 aliphatic carbocycles. The van der Waals surface area contributed by atoms with Crippen molar-refractivity contribution in [3.63, 3.8) is 0 Å². The average molecular weight is 305 g/mol. The quantitative estimate of drug-likeness (QED) is 0.900. The standard InChI is InChI=1S/C16H16FNO4/c1-8(2)14-7-11(9(3)22-14)15(19)18-13-6-10(16(20)21)4-5-12(13)17/h4-8H,1-3H3,(H,18,19)(H,20,21). The third-order valence-electron chi connectivity index (χ3n) is 3.21. The minimum absolute atomic E-state index is 0.108. The molecule has 0 atom stereocenters. The fourth-order valence-corrected chi connectivity index (χ4v) is 1.96. The Balaban J connectivity index is 2.29. The van der Waals surface area contributed by atoms with Gasteiger partial charge in [-0.3, -0.25) is 4.79 Å². The molecular formula is C16H16FNO4. The highest BCUT2D eigenvalue weighted by atomic mass is 19.1. The van der Waals surface area contributed by atoms with E-state index in [2.05, 4.69) is 5.32 Å². The van der Waals surface area contributed by atoms with Gasteiger partial charge >= 0.3 is 5.97 Å². The van der Waals surface area contributed by atoms with Gasteiger partial charge in [-0.05, 0) is 31.2 Å². The maximum absolute atomic E-state index is 13.7. The zero-order chi connectivity index (χ0) is 16.4. The number of carbonyl (C=O) groups excluding carboxylic acids is 1. The highest BCUT2D eigenvalue weighted by molar-refractivity contribution is 6.05. The summed E-state index contributed by atoms with van der Waals surface area (Å²) in [5.74, 6) is -1.25. The van der Waals surface area contributed by atoms with Crippen LogP contribution in [-0.4, -0.2) is 17.0 Å². The molecule has 6 heteroatoms. The second-order valence-corrected chi connectivity index (χ2v) is 5.23. The van der Waals surface area contributed by atoms with Crippen LogP contribution in [0.25, 0.3) is 0 Å². The Kier molecular flexibility index (Phi) is 4.30. The van der Waals surface area contributed by atoms with Crippen molar-refractivity contribution in [2.75, 3.05) is 5.32 Å². The third kappa shape index (κ3) is 3.16. The maximum atomic E-state index is 13.7. The van der Waals surface area contributed by atoms with E-state index < -0.39 is 17.7 Å². The van der Waals surface area contributed by atoms with Gasteiger partial charge in [0.15, 0.2) is 0 Å². The van der Waals surface area contributed by atoms with Crippen molar-refractivity contribution in [2.45, 2.75) is 26.7 Å². The minimum atomic E-state index is -1.20. The van der Waals surface area contributed by atoms with E-state index in [0.717, 1.165) is 18.2 Å². The first-order valence-corrected chi connectivity index (χ1v) is 6.74. The van der Waals surface area contributed by atoms with Gasteiger partial charge in [-0.15, -0.1) is 0 Å². The summed E-state index contributed by atoms with van der Waals surface area (Å²) < 4.78 is 19.2. The van der Waals surface area contributed by atoms with Crippen molar-refractivity contribution in [2.24, 2.45) is 0 Å². The molecule has 0 saturated heterocycles. The first kappa shape index (κ1) is 15.8. The number of benzene rings is 1. The lowest BCUT2D eigenvalue weighted by Crippen LogP contribution is -2.14. The van der Waals surface area contributed by atoms with Gasteiger partial charge in [-0.1, -0.05) is 13.8 Å². The molecule has 0 fully saturated rings. The molecule has 2 aromatic rings. The van der Waals surface area contributed by atoms with E-state index in [1.807, 2.05) is 13.8 Å². The summed E-state index contributed by atoms with van der Waals surface area (Å²) in [5, 5.41) is 11.3. The Morgan fingerprint density at radius 3 is 2.50 bits per heavy atom. The number of rotatable bonds is 4. The molecule has 0 saturated carbocycles. The largest absolute Gasteiger partial charge is 0.478 e. The summed E-state index contributed by atoms with van der Waals surface area (Å²) >= 11 is 0. The Morgan fingerprint density at radius 2 is 1.95 bits per heavy atom. The summed E-state index contributed by atoms with van der Waals surface area (Å²) in [6.45, 7) is 5.50. The van der Waals surface area contributed by atoms with E-state index in [0.29, 0.717) is 17.1 Å². The van der Waals surface area contributed by atoms with Gasteiger partial charge in [-0.25, -0.2) is 9.18 Å². The minimum Gasteiger partial charge on any atom is -0.478 e. The number of aromatic carboxylic acids is 1. The first-order valence-electron chi connectivity index (χ1n) is 6.74. The van der Waals surface area contributed by atoms with Gasteiger partial charge in [0.1, 0.15) is 17.3 Å². The van der Waals surface area contributed by atoms with Gasteiger partial charge in [0, 0.05) is 5.92 Å². The molecule has 0 aliphatic heterocycles. The predicted molar refractivity (Wildman–Crippen MR) is 78.8 cm³/mol. The van der Waals surface area contributed by atoms with Crippen LogP contribution in [0.4, 0.5) is 10.1 Å². The van der Waals surface area contributed by atoms with Gasteiger partial charge in [0.2, 0.25) is 0 Å². The van der Waals surface area contributed by atoms with E-state index >= 15 is 0 Å². The van der Waals surface area contributed by atoms with Gasteiger partial charge in [-0.2, -0.15) is 0 Å². The number of aryl methyl sites for hydroxylation is 1. The van der Waals surface area contributed by atoms with Crippen LogP contribution in [0, 0.1) is 12.7 Å². The maximum Gasteiger partial charge on any atom is 0.335 e. The fraction of sp³-hybridized carbons (Fsp3) is 0.250. The normalized spacial score (nSPS) is 10.8. The van der Waals surface area contributed by atoms with Gasteiger partial charge in [0.05, 0.1) is 16.8 Å². The summed E-state index contributed by atoms with van der Waals surface area (Å²) in [5.41, 5.74) is 0.00362. The van der Waals surface area contributed by atoms with E-state index in [1.54, 1.807) is 13.0 Å². The van der Waals surface area contributed by atoms with Gasteiger partial charge in [0.25, 0.3) is 5.91 Å². The topological polar surface area (TPSA) is 79.5 Å². The van der Waals surface area contributed by atoms with Crippen LogP contribution in [0.3, 0.4) is 0 Å². The number of amides is 1. The van der Waals surface area contributed by atoms with Crippen molar-refractivity contribution >= 4 is 17.6 Å². The molecule has 2 N–H and O–H groups in total. The van der Waals surface area contributed by atoms with Crippen molar-refractivity contribution in [1.29, 1.82) is 0 Å². The zero-order valence-electron chi connectivity index (χ0n) is 12.4. The summed E-state index contributed by atoms with van der Waals surface area (Å²) in [6.07, 6.45) is 0. The van der Waals surface area contributed by atoms with Crippen LogP contribution in [-0.2, 0) is 0 Å². The molecule has 1 aromatic carbocycles. The molecule has 22 heavy (non-hydrogen) atoms. The molecule has 1 aromatic heterocycles. The van der Waals surface area contributed by atoms with Crippen molar-refractivity contribution in [3.8, 4) is 0 Å². The predicted octanol–water partition coefficient (Wildman–Crippen LogP) is 3.80. The van der Waals surface area contributed by atoms with Crippen molar-refractivity contribution in [3.05, 3.63) is 52.7 Å². The SMILES string of the molecule is Cc1oc(C(C)C)cc1C(=O)Nc1cc(C(=O)O)ccc1F. The molecule has 5 nitrogen and oxygen atoms in total. The number of nitrogens with one attached hydrogen (secondary N) is 1. The van der Waals surface area contributed by atoms with Crippen molar-refractivity contribution in [1.82, 2.24) is 0 Å². The summed E-state index contributed by atoms with van der Waals surface area (Å²) in [4.78, 5) is 23.1. The Bertz CT molecular complexity index is 734. The van der Waals surface area contributed by atoms with E-state index in [-0.39, 0.29) is 17.2 Å². The molecule has 0 unspecified atom stereocenters. The first-order chi connectivity index (χ1) is 10.3. The summed E-state index contributed by atoms with van der Waals surface area (Å²) in [7, 11) is 0. The Morgan fingerprint density at radius 1 is 1.27 bits per heavy atom. The van der Waals surface area contributed by atoms with Crippen LogP contribution >= 0.6 is 0 Å². The van der Waals surface area contributed by atoms with E-state index in [4.69, 9.17) is 9.52 Å². The molecule has 0 radical (unpaired) electrons. The molecular weight excluding hydrogens is 289 g/mol. The number of carboxylic acid groups (broad SMARTS) is 1. The highest BCUT2D eigenvalue weighted by Gasteiger charge is 2.18. The van der Waals surface area contributed by atoms with E-state index in [9.17, 15) is 14.0 Å². The lowest BCUT2D eigenvalue weighted by atomic mass is 10.1. The average Bonchev–Trinajstić information content (AvgIpc) is 2.83. The molecule has 0 spiro atoms. The molecule has 116 valence electrons. The van der Waals surface area contributed by atoms with Gasteiger partial charge < -0.3 is 14.8 Å². The number of hydrogen-bond acceptors (Lipinski definition) is 3. The van der Waals surface area contributed by atoms with Crippen LogP contribution in [0.5, 0.6) is 0 Å². The number of carboxylic acids is 1. The molecule has 1 amide bonds. The number of furan rings is 1. The monoisotopic (exact) mass is 305 g/mol. The smallest absolute Gasteiger partial charge is 0.335 e. The number of anilines is 1. The van der Waals surface area contributed by atoms with Crippen molar-refractivity contribution < 1.29 is 23.5 Å².